The normalized spacial score (nSPS) is 33.5. The SMILES string of the molecule is CC(C)CC1CC2(CC2)CO1. The van der Waals surface area contributed by atoms with Gasteiger partial charge < -0.3 is 4.74 Å². The largest absolute Gasteiger partial charge is 0.378 e. The fraction of sp³-hybridized carbons (Fsp3) is 1.00. The Hall–Kier alpha value is -0.0400. The highest BCUT2D eigenvalue weighted by Crippen LogP contribution is 2.54. The van der Waals surface area contributed by atoms with Crippen molar-refractivity contribution in [1.82, 2.24) is 0 Å². The molecule has 1 heterocycles. The summed E-state index contributed by atoms with van der Waals surface area (Å²) in [5.74, 6) is 0.800. The Morgan fingerprint density at radius 3 is 2.64 bits per heavy atom. The second kappa shape index (κ2) is 2.48. The molecule has 0 amide bonds. The van der Waals surface area contributed by atoms with Crippen LogP contribution in [0.5, 0.6) is 0 Å². The van der Waals surface area contributed by atoms with Crippen molar-refractivity contribution in [3.63, 3.8) is 0 Å². The highest BCUT2D eigenvalue weighted by Gasteiger charge is 2.49. The zero-order valence-electron chi connectivity index (χ0n) is 7.60. The van der Waals surface area contributed by atoms with Crippen LogP contribution >= 0.6 is 0 Å². The average molecular weight is 154 g/mol. The molecule has 0 aromatic rings. The first-order valence-corrected chi connectivity index (χ1v) is 4.82. The molecule has 2 rings (SSSR count). The van der Waals surface area contributed by atoms with Crippen molar-refractivity contribution >= 4 is 0 Å². The van der Waals surface area contributed by atoms with Gasteiger partial charge in [0.2, 0.25) is 0 Å². The van der Waals surface area contributed by atoms with Gasteiger partial charge in [-0.25, -0.2) is 0 Å². The van der Waals surface area contributed by atoms with Crippen LogP contribution in [0.25, 0.3) is 0 Å². The first-order valence-electron chi connectivity index (χ1n) is 4.82. The maximum absolute atomic E-state index is 5.74. The van der Waals surface area contributed by atoms with E-state index in [4.69, 9.17) is 4.74 Å². The van der Waals surface area contributed by atoms with Crippen LogP contribution in [0.2, 0.25) is 0 Å². The zero-order chi connectivity index (χ0) is 7.90. The van der Waals surface area contributed by atoms with E-state index in [0.717, 1.165) is 12.5 Å². The summed E-state index contributed by atoms with van der Waals surface area (Å²) in [5, 5.41) is 0. The molecule has 0 aromatic carbocycles. The smallest absolute Gasteiger partial charge is 0.0584 e. The predicted octanol–water partition coefficient (Wildman–Crippen LogP) is 2.60. The van der Waals surface area contributed by atoms with Crippen LogP contribution in [0.4, 0.5) is 0 Å². The molecule has 0 radical (unpaired) electrons. The van der Waals surface area contributed by atoms with Crippen LogP contribution in [0.1, 0.15) is 39.5 Å². The van der Waals surface area contributed by atoms with Gasteiger partial charge in [-0.05, 0) is 37.0 Å². The Morgan fingerprint density at radius 1 is 1.45 bits per heavy atom. The first kappa shape index (κ1) is 7.60. The molecule has 1 heteroatoms. The van der Waals surface area contributed by atoms with Crippen molar-refractivity contribution in [2.45, 2.75) is 45.6 Å². The van der Waals surface area contributed by atoms with Crippen LogP contribution in [0.15, 0.2) is 0 Å². The van der Waals surface area contributed by atoms with Crippen molar-refractivity contribution in [3.8, 4) is 0 Å². The van der Waals surface area contributed by atoms with Gasteiger partial charge in [-0.3, -0.25) is 0 Å². The molecule has 1 aliphatic heterocycles. The Morgan fingerprint density at radius 2 is 2.18 bits per heavy atom. The topological polar surface area (TPSA) is 9.23 Å². The van der Waals surface area contributed by atoms with Crippen molar-refractivity contribution in [2.24, 2.45) is 11.3 Å². The van der Waals surface area contributed by atoms with Gasteiger partial charge in [-0.15, -0.1) is 0 Å². The third-order valence-electron chi connectivity index (χ3n) is 2.98. The predicted molar refractivity (Wildman–Crippen MR) is 45.5 cm³/mol. The van der Waals surface area contributed by atoms with E-state index in [-0.39, 0.29) is 0 Å². The summed E-state index contributed by atoms with van der Waals surface area (Å²) < 4.78 is 5.74. The number of hydrogen-bond donors (Lipinski definition) is 0. The minimum atomic E-state index is 0.595. The standard InChI is InChI=1S/C10H18O/c1-8(2)5-9-6-10(3-4-10)7-11-9/h8-9H,3-7H2,1-2H3. The van der Waals surface area contributed by atoms with Gasteiger partial charge in [0.1, 0.15) is 0 Å². The Kier molecular flexibility index (Phi) is 1.71. The molecule has 11 heavy (non-hydrogen) atoms. The lowest BCUT2D eigenvalue weighted by Gasteiger charge is -2.11. The fourth-order valence-electron chi connectivity index (χ4n) is 2.10. The quantitative estimate of drug-likeness (QED) is 0.594. The van der Waals surface area contributed by atoms with Gasteiger partial charge in [0.15, 0.2) is 0 Å². The first-order chi connectivity index (χ1) is 5.20. The maximum Gasteiger partial charge on any atom is 0.0584 e. The molecule has 2 fully saturated rings. The Bertz CT molecular complexity index is 147. The molecule has 0 N–H and O–H groups in total. The summed E-state index contributed by atoms with van der Waals surface area (Å²) in [4.78, 5) is 0. The molecular weight excluding hydrogens is 136 g/mol. The lowest BCUT2D eigenvalue weighted by molar-refractivity contribution is 0.0893. The maximum atomic E-state index is 5.74. The molecule has 1 atom stereocenters. The van der Waals surface area contributed by atoms with E-state index in [1.54, 1.807) is 0 Å². The van der Waals surface area contributed by atoms with E-state index in [9.17, 15) is 0 Å². The molecule has 1 aliphatic carbocycles. The molecule has 2 aliphatic rings. The van der Waals surface area contributed by atoms with Crippen LogP contribution in [0.3, 0.4) is 0 Å². The monoisotopic (exact) mass is 154 g/mol. The van der Waals surface area contributed by atoms with Crippen LogP contribution in [0, 0.1) is 11.3 Å². The summed E-state index contributed by atoms with van der Waals surface area (Å²) in [5.41, 5.74) is 0.680. The van der Waals surface area contributed by atoms with E-state index in [2.05, 4.69) is 13.8 Å². The van der Waals surface area contributed by atoms with Crippen molar-refractivity contribution in [1.29, 1.82) is 0 Å². The molecule has 1 nitrogen and oxygen atoms in total. The van der Waals surface area contributed by atoms with Gasteiger partial charge >= 0.3 is 0 Å². The average Bonchev–Trinajstić information content (AvgIpc) is 2.51. The van der Waals surface area contributed by atoms with E-state index in [1.807, 2.05) is 0 Å². The minimum Gasteiger partial charge on any atom is -0.378 e. The van der Waals surface area contributed by atoms with E-state index in [1.165, 1.54) is 25.7 Å². The number of rotatable bonds is 2. The van der Waals surface area contributed by atoms with Gasteiger partial charge in [0.05, 0.1) is 12.7 Å². The van der Waals surface area contributed by atoms with Gasteiger partial charge in [-0.2, -0.15) is 0 Å². The summed E-state index contributed by atoms with van der Waals surface area (Å²) in [6, 6.07) is 0. The molecule has 1 saturated carbocycles. The third kappa shape index (κ3) is 1.58. The summed E-state index contributed by atoms with van der Waals surface area (Å²) in [7, 11) is 0. The Labute approximate surface area is 69.1 Å². The van der Waals surface area contributed by atoms with E-state index >= 15 is 0 Å². The molecule has 1 unspecified atom stereocenters. The summed E-state index contributed by atoms with van der Waals surface area (Å²) >= 11 is 0. The second-order valence-corrected chi connectivity index (χ2v) is 4.77. The molecule has 0 bridgehead atoms. The fourth-order valence-corrected chi connectivity index (χ4v) is 2.10. The number of hydrogen-bond acceptors (Lipinski definition) is 1. The van der Waals surface area contributed by atoms with Crippen LogP contribution in [-0.2, 0) is 4.74 Å². The third-order valence-corrected chi connectivity index (χ3v) is 2.98. The van der Waals surface area contributed by atoms with Crippen molar-refractivity contribution in [3.05, 3.63) is 0 Å². The van der Waals surface area contributed by atoms with Crippen LogP contribution in [-0.4, -0.2) is 12.7 Å². The van der Waals surface area contributed by atoms with Gasteiger partial charge in [0.25, 0.3) is 0 Å². The van der Waals surface area contributed by atoms with E-state index < -0.39 is 0 Å². The molecular formula is C10H18O. The lowest BCUT2D eigenvalue weighted by atomic mass is 9.97. The zero-order valence-corrected chi connectivity index (χ0v) is 7.60. The van der Waals surface area contributed by atoms with Crippen molar-refractivity contribution in [2.75, 3.05) is 6.61 Å². The second-order valence-electron chi connectivity index (χ2n) is 4.77. The highest BCUT2D eigenvalue weighted by molar-refractivity contribution is 4.98. The van der Waals surface area contributed by atoms with Gasteiger partial charge in [-0.1, -0.05) is 13.8 Å². The van der Waals surface area contributed by atoms with Gasteiger partial charge in [0, 0.05) is 0 Å². The highest BCUT2D eigenvalue weighted by atomic mass is 16.5. The molecule has 64 valence electrons. The minimum absolute atomic E-state index is 0.595. The molecule has 0 aromatic heterocycles. The summed E-state index contributed by atoms with van der Waals surface area (Å²) in [6.45, 7) is 5.62. The molecule has 1 spiro atoms. The van der Waals surface area contributed by atoms with Crippen molar-refractivity contribution < 1.29 is 4.74 Å². The lowest BCUT2D eigenvalue weighted by Crippen LogP contribution is -2.08. The van der Waals surface area contributed by atoms with Crippen LogP contribution < -0.4 is 0 Å². The number of ether oxygens (including phenoxy) is 1. The summed E-state index contributed by atoms with van der Waals surface area (Å²) in [6.07, 6.45) is 6.08. The molecule has 1 saturated heterocycles. The van der Waals surface area contributed by atoms with E-state index in [0.29, 0.717) is 11.5 Å². The Balaban J connectivity index is 1.80.